The van der Waals surface area contributed by atoms with Gasteiger partial charge in [0.2, 0.25) is 0 Å². The van der Waals surface area contributed by atoms with Crippen LogP contribution in [0.25, 0.3) is 32.3 Å². The summed E-state index contributed by atoms with van der Waals surface area (Å²) in [5, 5.41) is 22.1. The zero-order valence-corrected chi connectivity index (χ0v) is 10.6. The van der Waals surface area contributed by atoms with Crippen LogP contribution in [-0.4, -0.2) is 16.4 Å². The summed E-state index contributed by atoms with van der Waals surface area (Å²) in [4.78, 5) is 8.56. The Morgan fingerprint density at radius 1 is 0.600 bits per heavy atom. The normalized spacial score (nSPS) is 10.6. The van der Waals surface area contributed by atoms with Gasteiger partial charge in [0, 0.05) is 0 Å². The molecule has 2 N–H and O–H groups in total. The third kappa shape index (κ3) is 1.99. The summed E-state index contributed by atoms with van der Waals surface area (Å²) >= 11 is 0. The van der Waals surface area contributed by atoms with Crippen LogP contribution in [0, 0.1) is 0 Å². The van der Waals surface area contributed by atoms with Gasteiger partial charge in [-0.3, -0.25) is 0 Å². The second-order valence-corrected chi connectivity index (χ2v) is 4.57. The summed E-state index contributed by atoms with van der Waals surface area (Å²) in [5.74, 6) is 0. The lowest BCUT2D eigenvalue weighted by Crippen LogP contribution is -1.82. The van der Waals surface area contributed by atoms with E-state index in [1.807, 2.05) is 0 Å². The van der Waals surface area contributed by atoms with Crippen molar-refractivity contribution < 1.29 is 15.0 Å². The van der Waals surface area contributed by atoms with Crippen molar-refractivity contribution in [2.45, 2.75) is 0 Å². The molecule has 0 spiro atoms. The van der Waals surface area contributed by atoms with Gasteiger partial charge in [-0.25, -0.2) is 4.79 Å². The minimum Gasteiger partial charge on any atom is -0.450 e. The second-order valence-electron chi connectivity index (χ2n) is 4.57. The molecule has 0 aliphatic carbocycles. The Morgan fingerprint density at radius 3 is 1.10 bits per heavy atom. The number of hydrogen-bond acceptors (Lipinski definition) is 1. The van der Waals surface area contributed by atoms with Crippen LogP contribution in [0.1, 0.15) is 0 Å². The predicted molar refractivity (Wildman–Crippen MR) is 80.8 cm³/mol. The van der Waals surface area contributed by atoms with Crippen molar-refractivity contribution in [1.82, 2.24) is 0 Å². The number of hydrogen-bond donors (Lipinski definition) is 2. The monoisotopic (exact) mass is 264 g/mol. The molecule has 0 saturated heterocycles. The summed E-state index contributed by atoms with van der Waals surface area (Å²) < 4.78 is 0. The fourth-order valence-corrected chi connectivity index (χ4v) is 2.67. The first-order chi connectivity index (χ1) is 9.66. The number of carboxylic acid groups (broad SMARTS) is 2. The van der Waals surface area contributed by atoms with E-state index in [0.717, 1.165) is 0 Å². The Hall–Kier alpha value is -2.81. The molecule has 0 amide bonds. The van der Waals surface area contributed by atoms with Crippen molar-refractivity contribution >= 4 is 38.5 Å². The van der Waals surface area contributed by atoms with Crippen molar-refractivity contribution in [3.63, 3.8) is 0 Å². The lowest BCUT2D eigenvalue weighted by Gasteiger charge is -2.09. The summed E-state index contributed by atoms with van der Waals surface area (Å²) in [6.45, 7) is 0. The Bertz CT molecular complexity index is 762. The SMILES string of the molecule is O=C(O)O.c1cc2ccc3cccc4ccc(c1)c2c34. The molecule has 0 atom stereocenters. The molecule has 0 saturated carbocycles. The lowest BCUT2D eigenvalue weighted by molar-refractivity contribution is 0.137. The molecule has 0 aliphatic rings. The standard InChI is InChI=1S/C16H10.CH2O3/c1-3-11-7-9-13-5-2-6-14-10-8-12(4-1)15(11)16(13)14;2-1(3)4/h1-10H;(H2,2,3,4). The molecule has 98 valence electrons. The van der Waals surface area contributed by atoms with Crippen LogP contribution >= 0.6 is 0 Å². The molecule has 0 heterocycles. The third-order valence-electron chi connectivity index (χ3n) is 3.39. The van der Waals surface area contributed by atoms with Crippen LogP contribution in [-0.2, 0) is 0 Å². The Balaban J connectivity index is 0.000000272. The van der Waals surface area contributed by atoms with Gasteiger partial charge in [0.15, 0.2) is 0 Å². The number of rotatable bonds is 0. The fraction of sp³-hybridized carbons (Fsp3) is 0. The highest BCUT2D eigenvalue weighted by Gasteiger charge is 2.05. The topological polar surface area (TPSA) is 57.5 Å². The van der Waals surface area contributed by atoms with Crippen LogP contribution in [0.15, 0.2) is 60.7 Å². The van der Waals surface area contributed by atoms with Crippen LogP contribution in [0.2, 0.25) is 0 Å². The maximum absolute atomic E-state index is 8.56. The lowest BCUT2D eigenvalue weighted by atomic mass is 9.95. The van der Waals surface area contributed by atoms with Gasteiger partial charge in [-0.2, -0.15) is 0 Å². The van der Waals surface area contributed by atoms with E-state index in [1.54, 1.807) is 0 Å². The first kappa shape index (κ1) is 12.2. The molecule has 0 unspecified atom stereocenters. The van der Waals surface area contributed by atoms with Crippen molar-refractivity contribution in [2.24, 2.45) is 0 Å². The quantitative estimate of drug-likeness (QED) is 0.448. The Kier molecular flexibility index (Phi) is 2.88. The molecule has 4 aromatic carbocycles. The molecule has 20 heavy (non-hydrogen) atoms. The number of benzene rings is 4. The van der Waals surface area contributed by atoms with E-state index in [2.05, 4.69) is 60.7 Å². The number of carbonyl (C=O) groups is 1. The van der Waals surface area contributed by atoms with E-state index < -0.39 is 6.16 Å². The summed E-state index contributed by atoms with van der Waals surface area (Å²) in [7, 11) is 0. The van der Waals surface area contributed by atoms with Crippen LogP contribution in [0.3, 0.4) is 0 Å². The van der Waals surface area contributed by atoms with Gasteiger partial charge < -0.3 is 10.2 Å². The highest BCUT2D eigenvalue weighted by atomic mass is 16.6. The highest BCUT2D eigenvalue weighted by Crippen LogP contribution is 2.33. The van der Waals surface area contributed by atoms with E-state index in [0.29, 0.717) is 0 Å². The molecule has 3 nitrogen and oxygen atoms in total. The molecule has 4 rings (SSSR count). The van der Waals surface area contributed by atoms with E-state index in [1.165, 1.54) is 32.3 Å². The minimum absolute atomic E-state index is 1.34. The molecule has 0 bridgehead atoms. The molecular weight excluding hydrogens is 252 g/mol. The first-order valence-corrected chi connectivity index (χ1v) is 6.21. The molecule has 4 aromatic rings. The zero-order valence-electron chi connectivity index (χ0n) is 10.6. The second kappa shape index (κ2) is 4.70. The van der Waals surface area contributed by atoms with Crippen molar-refractivity contribution in [3.05, 3.63) is 60.7 Å². The maximum Gasteiger partial charge on any atom is 0.503 e. The van der Waals surface area contributed by atoms with Gasteiger partial charge in [-0.15, -0.1) is 0 Å². The van der Waals surface area contributed by atoms with Crippen LogP contribution in [0.5, 0.6) is 0 Å². The van der Waals surface area contributed by atoms with Gasteiger partial charge in [0.1, 0.15) is 0 Å². The largest absolute Gasteiger partial charge is 0.503 e. The molecule has 0 radical (unpaired) electrons. The highest BCUT2D eigenvalue weighted by molar-refractivity contribution is 6.22. The average molecular weight is 264 g/mol. The summed E-state index contributed by atoms with van der Waals surface area (Å²) in [6, 6.07) is 21.9. The average Bonchev–Trinajstić information content (AvgIpc) is 2.44. The van der Waals surface area contributed by atoms with E-state index in [9.17, 15) is 0 Å². The Labute approximate surface area is 115 Å². The van der Waals surface area contributed by atoms with Gasteiger partial charge in [0.05, 0.1) is 0 Å². The smallest absolute Gasteiger partial charge is 0.450 e. The molecule has 0 aliphatic heterocycles. The van der Waals surface area contributed by atoms with Gasteiger partial charge in [-0.1, -0.05) is 60.7 Å². The maximum atomic E-state index is 8.56. The Morgan fingerprint density at radius 2 is 0.850 bits per heavy atom. The van der Waals surface area contributed by atoms with Crippen LogP contribution < -0.4 is 0 Å². The predicted octanol–water partition coefficient (Wildman–Crippen LogP) is 4.81. The van der Waals surface area contributed by atoms with Gasteiger partial charge in [0.25, 0.3) is 0 Å². The minimum atomic E-state index is -1.83. The molecule has 0 aromatic heterocycles. The van der Waals surface area contributed by atoms with Gasteiger partial charge in [-0.05, 0) is 32.3 Å². The van der Waals surface area contributed by atoms with E-state index >= 15 is 0 Å². The zero-order chi connectivity index (χ0) is 14.1. The van der Waals surface area contributed by atoms with Crippen molar-refractivity contribution in [3.8, 4) is 0 Å². The van der Waals surface area contributed by atoms with Gasteiger partial charge >= 0.3 is 6.16 Å². The molecule has 0 fully saturated rings. The molecule has 3 heteroatoms. The van der Waals surface area contributed by atoms with Crippen LogP contribution in [0.4, 0.5) is 4.79 Å². The summed E-state index contributed by atoms with van der Waals surface area (Å²) in [6.07, 6.45) is -1.83. The first-order valence-electron chi connectivity index (χ1n) is 6.21. The van der Waals surface area contributed by atoms with Crippen molar-refractivity contribution in [2.75, 3.05) is 0 Å². The summed E-state index contributed by atoms with van der Waals surface area (Å²) in [5.41, 5.74) is 0. The van der Waals surface area contributed by atoms with E-state index in [4.69, 9.17) is 15.0 Å². The van der Waals surface area contributed by atoms with E-state index in [-0.39, 0.29) is 0 Å². The fourth-order valence-electron chi connectivity index (χ4n) is 2.67. The van der Waals surface area contributed by atoms with Crippen molar-refractivity contribution in [1.29, 1.82) is 0 Å². The third-order valence-corrected chi connectivity index (χ3v) is 3.39. The molecular formula is C17H12O3.